The molecule has 0 radical (unpaired) electrons. The van der Waals surface area contributed by atoms with Crippen molar-refractivity contribution in [2.75, 3.05) is 30.3 Å². The molecule has 0 unspecified atom stereocenters. The van der Waals surface area contributed by atoms with Gasteiger partial charge in [-0.2, -0.15) is 0 Å². The summed E-state index contributed by atoms with van der Waals surface area (Å²) in [6, 6.07) is 14.8. The Kier molecular flexibility index (Phi) is 5.81. The molecule has 0 saturated heterocycles. The average Bonchev–Trinajstić information content (AvgIpc) is 3.11. The Morgan fingerprint density at radius 2 is 1.93 bits per heavy atom. The maximum absolute atomic E-state index is 12.6. The van der Waals surface area contributed by atoms with Crippen LogP contribution in [0.5, 0.6) is 5.75 Å². The number of carbonyl (C=O) groups is 1. The molecule has 0 fully saturated rings. The second-order valence-corrected chi connectivity index (χ2v) is 8.15. The summed E-state index contributed by atoms with van der Waals surface area (Å²) in [6.45, 7) is 0.499. The number of nitrogens with one attached hydrogen (secondary N) is 1. The fraction of sp³-hybridized carbons (Fsp3) is 0.250. The van der Waals surface area contributed by atoms with Crippen LogP contribution in [0.3, 0.4) is 0 Å². The number of rotatable bonds is 7. The molecule has 7 heteroatoms. The van der Waals surface area contributed by atoms with Crippen LogP contribution in [0.1, 0.15) is 11.1 Å². The SMILES string of the molecule is COc1ccccc1/C=C/C(=O)NCCS(=O)(=O)N1CCc2ccccc21. The maximum Gasteiger partial charge on any atom is 0.244 e. The first-order chi connectivity index (χ1) is 13.0. The minimum absolute atomic E-state index is 0.0517. The number of nitrogens with zero attached hydrogens (tertiary/aromatic N) is 1. The molecule has 27 heavy (non-hydrogen) atoms. The molecular formula is C20H22N2O4S. The highest BCUT2D eigenvalue weighted by Gasteiger charge is 2.28. The minimum Gasteiger partial charge on any atom is -0.496 e. The minimum atomic E-state index is -3.47. The Hall–Kier alpha value is -2.80. The number of benzene rings is 2. The van der Waals surface area contributed by atoms with E-state index in [1.54, 1.807) is 19.3 Å². The smallest absolute Gasteiger partial charge is 0.244 e. The molecule has 3 rings (SSSR count). The molecule has 1 N–H and O–H groups in total. The van der Waals surface area contributed by atoms with Crippen molar-refractivity contribution in [3.05, 3.63) is 65.7 Å². The van der Waals surface area contributed by atoms with Gasteiger partial charge in [-0.15, -0.1) is 0 Å². The molecule has 1 heterocycles. The van der Waals surface area contributed by atoms with Gasteiger partial charge in [0.25, 0.3) is 0 Å². The number of ether oxygens (including phenoxy) is 1. The maximum atomic E-state index is 12.6. The number of amides is 1. The van der Waals surface area contributed by atoms with E-state index in [0.717, 1.165) is 16.8 Å². The fourth-order valence-electron chi connectivity index (χ4n) is 3.04. The second-order valence-electron chi connectivity index (χ2n) is 6.13. The van der Waals surface area contributed by atoms with Gasteiger partial charge in [0.15, 0.2) is 0 Å². The quantitative estimate of drug-likeness (QED) is 0.741. The summed E-state index contributed by atoms with van der Waals surface area (Å²) in [6.07, 6.45) is 3.72. The van der Waals surface area contributed by atoms with Gasteiger partial charge in [-0.1, -0.05) is 36.4 Å². The lowest BCUT2D eigenvalue weighted by atomic mass is 10.2. The fourth-order valence-corrected chi connectivity index (χ4v) is 4.47. The molecule has 2 aromatic carbocycles. The van der Waals surface area contributed by atoms with Gasteiger partial charge >= 0.3 is 0 Å². The lowest BCUT2D eigenvalue weighted by molar-refractivity contribution is -0.116. The Bertz CT molecular complexity index is 954. The van der Waals surface area contributed by atoms with Gasteiger partial charge in [-0.05, 0) is 30.2 Å². The van der Waals surface area contributed by atoms with Crippen molar-refractivity contribution >= 4 is 27.7 Å². The zero-order valence-electron chi connectivity index (χ0n) is 15.1. The topological polar surface area (TPSA) is 75.7 Å². The van der Waals surface area contributed by atoms with Crippen molar-refractivity contribution in [1.29, 1.82) is 0 Å². The molecule has 1 aliphatic heterocycles. The van der Waals surface area contributed by atoms with Gasteiger partial charge < -0.3 is 10.1 Å². The Labute approximate surface area is 159 Å². The third kappa shape index (κ3) is 4.49. The van der Waals surface area contributed by atoms with Crippen molar-refractivity contribution in [2.45, 2.75) is 6.42 Å². The van der Waals surface area contributed by atoms with Crippen LogP contribution in [0.25, 0.3) is 6.08 Å². The number of para-hydroxylation sites is 2. The highest BCUT2D eigenvalue weighted by Crippen LogP contribution is 2.29. The van der Waals surface area contributed by atoms with E-state index in [1.165, 1.54) is 10.4 Å². The van der Waals surface area contributed by atoms with Crippen molar-refractivity contribution in [3.63, 3.8) is 0 Å². The van der Waals surface area contributed by atoms with Crippen molar-refractivity contribution in [1.82, 2.24) is 5.32 Å². The van der Waals surface area contributed by atoms with Crippen molar-refractivity contribution < 1.29 is 17.9 Å². The highest BCUT2D eigenvalue weighted by molar-refractivity contribution is 7.92. The second kappa shape index (κ2) is 8.26. The van der Waals surface area contributed by atoms with E-state index in [2.05, 4.69) is 5.32 Å². The lowest BCUT2D eigenvalue weighted by Crippen LogP contribution is -2.36. The van der Waals surface area contributed by atoms with Gasteiger partial charge in [0.2, 0.25) is 15.9 Å². The van der Waals surface area contributed by atoms with Crippen LogP contribution in [-0.4, -0.2) is 40.3 Å². The predicted molar refractivity (Wildman–Crippen MR) is 106 cm³/mol. The number of methoxy groups -OCH3 is 1. The summed E-state index contributed by atoms with van der Waals surface area (Å²) in [7, 11) is -1.91. The Balaban J connectivity index is 1.55. The number of sulfonamides is 1. The van der Waals surface area contributed by atoms with Crippen LogP contribution in [-0.2, 0) is 21.2 Å². The molecule has 0 spiro atoms. The molecule has 0 aromatic heterocycles. The zero-order chi connectivity index (χ0) is 19.3. The number of fused-ring (bicyclic) bond motifs is 1. The number of carbonyl (C=O) groups excluding carboxylic acids is 1. The monoisotopic (exact) mass is 386 g/mol. The Morgan fingerprint density at radius 3 is 2.74 bits per heavy atom. The molecule has 0 saturated carbocycles. The Morgan fingerprint density at radius 1 is 1.19 bits per heavy atom. The third-order valence-electron chi connectivity index (χ3n) is 4.39. The third-order valence-corrected chi connectivity index (χ3v) is 6.16. The summed E-state index contributed by atoms with van der Waals surface area (Å²) in [5.41, 5.74) is 2.54. The first-order valence-electron chi connectivity index (χ1n) is 8.68. The first-order valence-corrected chi connectivity index (χ1v) is 10.3. The number of hydrogen-bond acceptors (Lipinski definition) is 4. The van der Waals surface area contributed by atoms with Gasteiger partial charge in [0, 0.05) is 24.7 Å². The van der Waals surface area contributed by atoms with Gasteiger partial charge in [0.05, 0.1) is 18.6 Å². The van der Waals surface area contributed by atoms with E-state index in [-0.39, 0.29) is 18.2 Å². The van der Waals surface area contributed by atoms with Crippen LogP contribution < -0.4 is 14.4 Å². The van der Waals surface area contributed by atoms with E-state index in [1.807, 2.05) is 42.5 Å². The normalized spacial score (nSPS) is 13.6. The molecule has 1 amide bonds. The summed E-state index contributed by atoms with van der Waals surface area (Å²) in [5.74, 6) is 0.171. The zero-order valence-corrected chi connectivity index (χ0v) is 15.9. The van der Waals surface area contributed by atoms with E-state index >= 15 is 0 Å². The first kappa shape index (κ1) is 19.0. The highest BCUT2D eigenvalue weighted by atomic mass is 32.2. The largest absolute Gasteiger partial charge is 0.496 e. The molecule has 0 atom stereocenters. The molecule has 1 aliphatic rings. The average molecular weight is 386 g/mol. The van der Waals surface area contributed by atoms with Crippen LogP contribution in [0.4, 0.5) is 5.69 Å². The number of anilines is 1. The predicted octanol–water partition coefficient (Wildman–Crippen LogP) is 2.22. The number of hydrogen-bond donors (Lipinski definition) is 1. The van der Waals surface area contributed by atoms with Crippen LogP contribution in [0.2, 0.25) is 0 Å². The van der Waals surface area contributed by atoms with E-state index in [0.29, 0.717) is 18.7 Å². The van der Waals surface area contributed by atoms with Crippen molar-refractivity contribution in [3.8, 4) is 5.75 Å². The van der Waals surface area contributed by atoms with Crippen LogP contribution in [0, 0.1) is 0 Å². The molecule has 6 nitrogen and oxygen atoms in total. The molecule has 142 valence electrons. The molecule has 0 bridgehead atoms. The summed E-state index contributed by atoms with van der Waals surface area (Å²) in [5, 5.41) is 2.62. The molecule has 0 aliphatic carbocycles. The van der Waals surface area contributed by atoms with Gasteiger partial charge in [0.1, 0.15) is 5.75 Å². The van der Waals surface area contributed by atoms with E-state index < -0.39 is 10.0 Å². The summed E-state index contributed by atoms with van der Waals surface area (Å²) in [4.78, 5) is 12.0. The van der Waals surface area contributed by atoms with E-state index in [9.17, 15) is 13.2 Å². The molecular weight excluding hydrogens is 364 g/mol. The van der Waals surface area contributed by atoms with Crippen molar-refractivity contribution in [2.24, 2.45) is 0 Å². The van der Waals surface area contributed by atoms with Crippen LogP contribution in [0.15, 0.2) is 54.6 Å². The standard InChI is InChI=1S/C20H22N2O4S/c1-26-19-9-5-3-7-17(19)10-11-20(23)21-13-15-27(24,25)22-14-12-16-6-2-4-8-18(16)22/h2-11H,12-15H2,1H3,(H,21,23)/b11-10+. The van der Waals surface area contributed by atoms with Gasteiger partial charge in [-0.25, -0.2) is 8.42 Å². The van der Waals surface area contributed by atoms with Gasteiger partial charge in [-0.3, -0.25) is 9.10 Å². The van der Waals surface area contributed by atoms with E-state index in [4.69, 9.17) is 4.74 Å². The lowest BCUT2D eigenvalue weighted by Gasteiger charge is -2.19. The summed E-state index contributed by atoms with van der Waals surface area (Å²) >= 11 is 0. The van der Waals surface area contributed by atoms with Crippen LogP contribution >= 0.6 is 0 Å². The molecule has 2 aromatic rings. The summed E-state index contributed by atoms with van der Waals surface area (Å²) < 4.78 is 31.8.